The summed E-state index contributed by atoms with van der Waals surface area (Å²) in [4.78, 5) is 4.46. The summed E-state index contributed by atoms with van der Waals surface area (Å²) in [5.74, 6) is 0. The number of nitrogens with zero attached hydrogens (tertiary/aromatic N) is 3. The fourth-order valence-corrected chi connectivity index (χ4v) is 3.51. The topological polar surface area (TPSA) is 71.1 Å². The maximum Gasteiger partial charge on any atom is 0.141 e. The van der Waals surface area contributed by atoms with Crippen LogP contribution in [-0.4, -0.2) is 27.9 Å². The van der Waals surface area contributed by atoms with Crippen molar-refractivity contribution >= 4 is 10.9 Å². The van der Waals surface area contributed by atoms with Gasteiger partial charge in [0.25, 0.3) is 0 Å². The van der Waals surface area contributed by atoms with Gasteiger partial charge in [0.15, 0.2) is 0 Å². The minimum absolute atomic E-state index is 0.0202. The minimum Gasteiger partial charge on any atom is -0.392 e. The summed E-state index contributed by atoms with van der Waals surface area (Å²) in [6.07, 6.45) is 4.07. The van der Waals surface area contributed by atoms with Gasteiger partial charge in [0.1, 0.15) is 11.8 Å². The van der Waals surface area contributed by atoms with Crippen molar-refractivity contribution < 1.29 is 9.84 Å². The molecule has 25 heavy (non-hydrogen) atoms. The molecule has 0 atom stereocenters. The van der Waals surface area contributed by atoms with E-state index >= 15 is 0 Å². The predicted octanol–water partition coefficient (Wildman–Crippen LogP) is 3.42. The molecule has 1 aliphatic heterocycles. The Hall–Kier alpha value is -2.68. The van der Waals surface area contributed by atoms with Crippen molar-refractivity contribution in [1.29, 1.82) is 5.26 Å². The second-order valence-electron chi connectivity index (χ2n) is 6.32. The summed E-state index contributed by atoms with van der Waals surface area (Å²) >= 11 is 0. The maximum atomic E-state index is 9.51. The Morgan fingerprint density at radius 3 is 2.84 bits per heavy atom. The van der Waals surface area contributed by atoms with Crippen molar-refractivity contribution in [1.82, 2.24) is 9.55 Å². The van der Waals surface area contributed by atoms with E-state index in [4.69, 9.17) is 10.00 Å². The van der Waals surface area contributed by atoms with Crippen LogP contribution in [0.5, 0.6) is 0 Å². The number of aliphatic hydroxyl groups is 1. The molecule has 3 aromatic rings. The van der Waals surface area contributed by atoms with Crippen LogP contribution < -0.4 is 0 Å². The number of aromatic nitrogens is 2. The van der Waals surface area contributed by atoms with Gasteiger partial charge in [-0.25, -0.2) is 4.98 Å². The van der Waals surface area contributed by atoms with Crippen molar-refractivity contribution in [2.75, 3.05) is 13.2 Å². The molecule has 1 fully saturated rings. The van der Waals surface area contributed by atoms with Gasteiger partial charge in [-0.05, 0) is 36.6 Å². The van der Waals surface area contributed by atoms with Crippen LogP contribution in [0.25, 0.3) is 22.2 Å². The smallest absolute Gasteiger partial charge is 0.141 e. The van der Waals surface area contributed by atoms with Crippen LogP contribution in [0.15, 0.2) is 42.6 Å². The standard InChI is InChI=1S/C20H19N3O2/c21-11-15-2-1-3-19(22-15)18-12-23(16-6-8-25-9-7-16)20-10-14(13-24)4-5-17(18)20/h1-5,10,12,16,24H,6-9,13H2. The molecule has 1 saturated heterocycles. The number of benzene rings is 1. The molecule has 1 N–H and O–H groups in total. The number of pyridine rings is 1. The number of aliphatic hydroxyl groups excluding tert-OH is 1. The first-order valence-corrected chi connectivity index (χ1v) is 8.50. The minimum atomic E-state index is 0.0202. The molecule has 4 rings (SSSR count). The lowest BCUT2D eigenvalue weighted by Gasteiger charge is -2.24. The third-order valence-corrected chi connectivity index (χ3v) is 4.81. The summed E-state index contributed by atoms with van der Waals surface area (Å²) in [6, 6.07) is 14.0. The third-order valence-electron chi connectivity index (χ3n) is 4.81. The van der Waals surface area contributed by atoms with Crippen molar-refractivity contribution in [3.05, 3.63) is 53.9 Å². The van der Waals surface area contributed by atoms with E-state index in [1.54, 1.807) is 6.07 Å². The van der Waals surface area contributed by atoms with Crippen molar-refractivity contribution in [2.24, 2.45) is 0 Å². The van der Waals surface area contributed by atoms with Crippen molar-refractivity contribution in [3.63, 3.8) is 0 Å². The summed E-state index contributed by atoms with van der Waals surface area (Å²) in [6.45, 7) is 1.55. The van der Waals surface area contributed by atoms with Gasteiger partial charge in [-0.2, -0.15) is 5.26 Å². The first-order chi connectivity index (χ1) is 12.3. The molecule has 0 aliphatic carbocycles. The molecule has 3 heterocycles. The fourth-order valence-electron chi connectivity index (χ4n) is 3.51. The number of hydrogen-bond donors (Lipinski definition) is 1. The van der Waals surface area contributed by atoms with E-state index in [2.05, 4.69) is 21.8 Å². The molecule has 0 radical (unpaired) electrons. The fraction of sp³-hybridized carbons (Fsp3) is 0.300. The second kappa shape index (κ2) is 6.67. The van der Waals surface area contributed by atoms with E-state index in [1.807, 2.05) is 30.3 Å². The summed E-state index contributed by atoms with van der Waals surface area (Å²) < 4.78 is 7.78. The third kappa shape index (κ3) is 2.91. The van der Waals surface area contributed by atoms with Gasteiger partial charge in [0.2, 0.25) is 0 Å². The Morgan fingerprint density at radius 1 is 1.24 bits per heavy atom. The van der Waals surface area contributed by atoms with Gasteiger partial charge in [0.05, 0.1) is 12.3 Å². The molecular weight excluding hydrogens is 314 g/mol. The SMILES string of the molecule is N#Cc1cccc(-c2cn(C3CCOCC3)c3cc(CO)ccc23)n1. The first-order valence-electron chi connectivity index (χ1n) is 8.50. The van der Waals surface area contributed by atoms with Crippen LogP contribution in [-0.2, 0) is 11.3 Å². The largest absolute Gasteiger partial charge is 0.392 e. The number of rotatable bonds is 3. The highest BCUT2D eigenvalue weighted by molar-refractivity contribution is 5.95. The molecular formula is C20H19N3O2. The normalized spacial score (nSPS) is 15.4. The van der Waals surface area contributed by atoms with E-state index in [9.17, 15) is 5.11 Å². The van der Waals surface area contributed by atoms with Crippen molar-refractivity contribution in [3.8, 4) is 17.3 Å². The van der Waals surface area contributed by atoms with E-state index in [0.717, 1.165) is 53.8 Å². The summed E-state index contributed by atoms with van der Waals surface area (Å²) in [5, 5.41) is 19.7. The molecule has 1 aromatic carbocycles. The molecule has 1 aliphatic rings. The molecule has 0 unspecified atom stereocenters. The average molecular weight is 333 g/mol. The molecule has 2 aromatic heterocycles. The zero-order valence-electron chi connectivity index (χ0n) is 13.9. The van der Waals surface area contributed by atoms with Crippen LogP contribution in [0.3, 0.4) is 0 Å². The molecule has 0 amide bonds. The Labute approximate surface area is 146 Å². The number of hydrogen-bond acceptors (Lipinski definition) is 4. The van der Waals surface area contributed by atoms with Gasteiger partial charge in [-0.1, -0.05) is 18.2 Å². The van der Waals surface area contributed by atoms with E-state index in [-0.39, 0.29) is 6.61 Å². The lowest BCUT2D eigenvalue weighted by Crippen LogP contribution is -2.18. The van der Waals surface area contributed by atoms with Crippen LogP contribution in [0.2, 0.25) is 0 Å². The zero-order chi connectivity index (χ0) is 17.2. The quantitative estimate of drug-likeness (QED) is 0.797. The van der Waals surface area contributed by atoms with Gasteiger partial charge in [-0.3, -0.25) is 0 Å². The lowest BCUT2D eigenvalue weighted by atomic mass is 10.1. The van der Waals surface area contributed by atoms with Crippen LogP contribution in [0.1, 0.15) is 30.1 Å². The van der Waals surface area contributed by atoms with Gasteiger partial charge in [-0.15, -0.1) is 0 Å². The number of ether oxygens (including phenoxy) is 1. The highest BCUT2D eigenvalue weighted by Gasteiger charge is 2.20. The maximum absolute atomic E-state index is 9.51. The monoisotopic (exact) mass is 333 g/mol. The highest BCUT2D eigenvalue weighted by Crippen LogP contribution is 2.35. The van der Waals surface area contributed by atoms with E-state index in [1.165, 1.54) is 0 Å². The van der Waals surface area contributed by atoms with Crippen LogP contribution in [0, 0.1) is 11.3 Å². The predicted molar refractivity (Wildman–Crippen MR) is 94.9 cm³/mol. The first kappa shape index (κ1) is 15.8. The molecule has 0 saturated carbocycles. The second-order valence-corrected chi connectivity index (χ2v) is 6.32. The van der Waals surface area contributed by atoms with Crippen LogP contribution >= 0.6 is 0 Å². The summed E-state index contributed by atoms with van der Waals surface area (Å²) in [7, 11) is 0. The van der Waals surface area contributed by atoms with Gasteiger partial charge in [0, 0.05) is 41.9 Å². The zero-order valence-corrected chi connectivity index (χ0v) is 13.9. The Balaban J connectivity index is 1.91. The molecule has 126 valence electrons. The molecule has 5 heteroatoms. The Bertz CT molecular complexity index is 949. The van der Waals surface area contributed by atoms with Gasteiger partial charge < -0.3 is 14.4 Å². The number of nitriles is 1. The lowest BCUT2D eigenvalue weighted by molar-refractivity contribution is 0.0707. The van der Waals surface area contributed by atoms with Crippen molar-refractivity contribution in [2.45, 2.75) is 25.5 Å². The summed E-state index contributed by atoms with van der Waals surface area (Å²) in [5.41, 5.74) is 4.22. The van der Waals surface area contributed by atoms with Crippen LogP contribution in [0.4, 0.5) is 0 Å². The molecule has 0 bridgehead atoms. The van der Waals surface area contributed by atoms with Gasteiger partial charge >= 0.3 is 0 Å². The van der Waals surface area contributed by atoms with E-state index < -0.39 is 0 Å². The van der Waals surface area contributed by atoms with E-state index in [0.29, 0.717) is 11.7 Å². The Morgan fingerprint density at radius 2 is 2.08 bits per heavy atom. The molecule has 0 spiro atoms. The number of fused-ring (bicyclic) bond motifs is 1. The highest BCUT2D eigenvalue weighted by atomic mass is 16.5. The Kier molecular flexibility index (Phi) is 4.22. The molecule has 5 nitrogen and oxygen atoms in total. The average Bonchev–Trinajstić information content (AvgIpc) is 3.07.